The Hall–Kier alpha value is -2.43. The monoisotopic (exact) mass is 345 g/mol. The molecule has 2 aromatic rings. The zero-order valence-corrected chi connectivity index (χ0v) is 14.4. The van der Waals surface area contributed by atoms with Crippen molar-refractivity contribution in [1.29, 1.82) is 0 Å². The van der Waals surface area contributed by atoms with Gasteiger partial charge < -0.3 is 10.0 Å². The largest absolute Gasteiger partial charge is 0.481 e. The molecule has 0 saturated heterocycles. The summed E-state index contributed by atoms with van der Waals surface area (Å²) in [5.41, 5.74) is 4.24. The fourth-order valence-corrected chi connectivity index (χ4v) is 3.48. The number of rotatable bonds is 4. The van der Waals surface area contributed by atoms with Crippen LogP contribution in [0.25, 0.3) is 0 Å². The van der Waals surface area contributed by atoms with Crippen LogP contribution >= 0.6 is 0 Å². The molecule has 0 aromatic heterocycles. The Labute approximate surface area is 145 Å². The van der Waals surface area contributed by atoms with Crippen molar-refractivity contribution in [2.75, 3.05) is 11.4 Å². The zero-order valence-electron chi connectivity index (χ0n) is 14.4. The average Bonchev–Trinajstić information content (AvgIpc) is 2.56. The Morgan fingerprint density at radius 3 is 2.72 bits per heavy atom. The van der Waals surface area contributed by atoms with E-state index in [0.29, 0.717) is 36.3 Å². The van der Waals surface area contributed by atoms with Gasteiger partial charge in [-0.3, -0.25) is 4.79 Å². The van der Waals surface area contributed by atoms with Gasteiger partial charge in [0.2, 0.25) is 0 Å². The molecule has 3 nitrogen and oxygen atoms in total. The molecule has 132 valence electrons. The molecule has 1 N–H and O–H groups in total. The number of aryl methyl sites for hydroxylation is 2. The number of carboxylic acids is 1. The quantitative estimate of drug-likeness (QED) is 0.904. The van der Waals surface area contributed by atoms with Crippen LogP contribution in [0.3, 0.4) is 0 Å². The maximum absolute atomic E-state index is 14.9. The lowest BCUT2D eigenvalue weighted by Gasteiger charge is -2.32. The fourth-order valence-electron chi connectivity index (χ4n) is 3.48. The molecule has 25 heavy (non-hydrogen) atoms. The first kappa shape index (κ1) is 17.4. The Kier molecular flexibility index (Phi) is 4.75. The summed E-state index contributed by atoms with van der Waals surface area (Å²) < 4.78 is 29.0. The van der Waals surface area contributed by atoms with Crippen LogP contribution in [-0.4, -0.2) is 17.6 Å². The standard InChI is InChI=1S/C20H21F2NO2/c1-12-3-5-17(21)18(9-12)23-8-7-16-14(11-23)10-13(2)15(20(16)22)4-6-19(24)25/h3,5,9-10H,4,6-8,11H2,1-2H3,(H,24,25). The molecular formula is C20H21F2NO2. The molecule has 0 aliphatic carbocycles. The predicted octanol–water partition coefficient (Wildman–Crippen LogP) is 4.16. The molecule has 0 saturated carbocycles. The molecule has 0 amide bonds. The van der Waals surface area contributed by atoms with Crippen molar-refractivity contribution in [3.63, 3.8) is 0 Å². The minimum atomic E-state index is -0.933. The summed E-state index contributed by atoms with van der Waals surface area (Å²) in [6.45, 7) is 4.70. The Bertz CT molecular complexity index is 833. The van der Waals surface area contributed by atoms with Gasteiger partial charge >= 0.3 is 5.97 Å². The maximum atomic E-state index is 14.9. The number of aliphatic carboxylic acids is 1. The molecule has 3 rings (SSSR count). The van der Waals surface area contributed by atoms with Gasteiger partial charge in [-0.15, -0.1) is 0 Å². The number of hydrogen-bond donors (Lipinski definition) is 1. The molecule has 1 aliphatic rings. The van der Waals surface area contributed by atoms with E-state index in [-0.39, 0.29) is 24.5 Å². The smallest absolute Gasteiger partial charge is 0.303 e. The summed E-state index contributed by atoms with van der Waals surface area (Å²) >= 11 is 0. The summed E-state index contributed by atoms with van der Waals surface area (Å²) in [4.78, 5) is 12.7. The lowest BCUT2D eigenvalue weighted by molar-refractivity contribution is -0.136. The van der Waals surface area contributed by atoms with Crippen LogP contribution in [0, 0.1) is 25.5 Å². The maximum Gasteiger partial charge on any atom is 0.303 e. The number of halogens is 2. The van der Waals surface area contributed by atoms with E-state index in [9.17, 15) is 13.6 Å². The molecule has 0 fully saturated rings. The first-order valence-corrected chi connectivity index (χ1v) is 8.39. The van der Waals surface area contributed by atoms with Crippen molar-refractivity contribution in [2.45, 2.75) is 39.7 Å². The van der Waals surface area contributed by atoms with Gasteiger partial charge in [0.25, 0.3) is 0 Å². The SMILES string of the molecule is Cc1ccc(F)c(N2CCc3c(cc(C)c(CCC(=O)O)c3F)C2)c1. The van der Waals surface area contributed by atoms with E-state index in [1.54, 1.807) is 13.0 Å². The van der Waals surface area contributed by atoms with Crippen molar-refractivity contribution in [3.05, 3.63) is 63.7 Å². The summed E-state index contributed by atoms with van der Waals surface area (Å²) in [6, 6.07) is 6.91. The van der Waals surface area contributed by atoms with Crippen LogP contribution in [0.15, 0.2) is 24.3 Å². The molecule has 1 heterocycles. The molecular weight excluding hydrogens is 324 g/mol. The van der Waals surface area contributed by atoms with E-state index in [2.05, 4.69) is 0 Å². The zero-order chi connectivity index (χ0) is 18.1. The fraction of sp³-hybridized carbons (Fsp3) is 0.350. The van der Waals surface area contributed by atoms with Crippen molar-refractivity contribution in [1.82, 2.24) is 0 Å². The van der Waals surface area contributed by atoms with Crippen molar-refractivity contribution < 1.29 is 18.7 Å². The van der Waals surface area contributed by atoms with Crippen molar-refractivity contribution in [2.24, 2.45) is 0 Å². The molecule has 0 unspecified atom stereocenters. The lowest BCUT2D eigenvalue weighted by Crippen LogP contribution is -2.32. The molecule has 2 aromatic carbocycles. The highest BCUT2D eigenvalue weighted by atomic mass is 19.1. The van der Waals surface area contributed by atoms with Gasteiger partial charge in [-0.25, -0.2) is 8.78 Å². The van der Waals surface area contributed by atoms with Crippen LogP contribution in [0.1, 0.15) is 34.2 Å². The first-order chi connectivity index (χ1) is 11.9. The second kappa shape index (κ2) is 6.82. The number of nitrogens with zero attached hydrogens (tertiary/aromatic N) is 1. The highest BCUT2D eigenvalue weighted by molar-refractivity contribution is 5.67. The van der Waals surface area contributed by atoms with Crippen LogP contribution in [-0.2, 0) is 24.2 Å². The summed E-state index contributed by atoms with van der Waals surface area (Å²) in [7, 11) is 0. The van der Waals surface area contributed by atoms with Gasteiger partial charge in [0.05, 0.1) is 5.69 Å². The molecule has 0 atom stereocenters. The molecule has 0 bridgehead atoms. The number of anilines is 1. The van der Waals surface area contributed by atoms with E-state index in [1.165, 1.54) is 6.07 Å². The van der Waals surface area contributed by atoms with Gasteiger partial charge in [-0.1, -0.05) is 12.1 Å². The third-order valence-corrected chi connectivity index (χ3v) is 4.81. The molecule has 5 heteroatoms. The number of fused-ring (bicyclic) bond motifs is 1. The van der Waals surface area contributed by atoms with E-state index >= 15 is 0 Å². The van der Waals surface area contributed by atoms with Crippen LogP contribution in [0.4, 0.5) is 14.5 Å². The first-order valence-electron chi connectivity index (χ1n) is 8.39. The number of carbonyl (C=O) groups is 1. The van der Waals surface area contributed by atoms with Gasteiger partial charge in [0, 0.05) is 19.5 Å². The Morgan fingerprint density at radius 1 is 1.24 bits per heavy atom. The molecule has 0 spiro atoms. The Morgan fingerprint density at radius 2 is 2.00 bits per heavy atom. The van der Waals surface area contributed by atoms with E-state index in [1.807, 2.05) is 24.0 Å². The molecule has 1 aliphatic heterocycles. The summed E-state index contributed by atoms with van der Waals surface area (Å²) in [5.74, 6) is -1.50. The second-order valence-electron chi connectivity index (χ2n) is 6.64. The minimum absolute atomic E-state index is 0.0861. The average molecular weight is 345 g/mol. The highest BCUT2D eigenvalue weighted by Crippen LogP contribution is 2.31. The predicted molar refractivity (Wildman–Crippen MR) is 93.0 cm³/mol. The van der Waals surface area contributed by atoms with Gasteiger partial charge in [-0.05, 0) is 66.6 Å². The molecule has 0 radical (unpaired) electrons. The van der Waals surface area contributed by atoms with E-state index in [0.717, 1.165) is 16.7 Å². The van der Waals surface area contributed by atoms with Crippen LogP contribution in [0.2, 0.25) is 0 Å². The van der Waals surface area contributed by atoms with Crippen LogP contribution < -0.4 is 4.90 Å². The number of benzene rings is 2. The van der Waals surface area contributed by atoms with E-state index < -0.39 is 5.97 Å². The Balaban J connectivity index is 1.91. The second-order valence-corrected chi connectivity index (χ2v) is 6.64. The normalized spacial score (nSPS) is 13.7. The van der Waals surface area contributed by atoms with Gasteiger partial charge in [0.1, 0.15) is 11.6 Å². The van der Waals surface area contributed by atoms with Crippen LogP contribution in [0.5, 0.6) is 0 Å². The third-order valence-electron chi connectivity index (χ3n) is 4.81. The van der Waals surface area contributed by atoms with Gasteiger partial charge in [0.15, 0.2) is 0 Å². The number of carboxylic acid groups (broad SMARTS) is 1. The highest BCUT2D eigenvalue weighted by Gasteiger charge is 2.24. The minimum Gasteiger partial charge on any atom is -0.481 e. The van der Waals surface area contributed by atoms with Crippen molar-refractivity contribution >= 4 is 11.7 Å². The summed E-state index contributed by atoms with van der Waals surface area (Å²) in [6.07, 6.45) is 0.586. The topological polar surface area (TPSA) is 40.5 Å². The van der Waals surface area contributed by atoms with E-state index in [4.69, 9.17) is 5.11 Å². The van der Waals surface area contributed by atoms with Crippen molar-refractivity contribution in [3.8, 4) is 0 Å². The van der Waals surface area contributed by atoms with Gasteiger partial charge in [-0.2, -0.15) is 0 Å². The third kappa shape index (κ3) is 3.50. The lowest BCUT2D eigenvalue weighted by atomic mass is 9.91. The number of hydrogen-bond acceptors (Lipinski definition) is 2. The summed E-state index contributed by atoms with van der Waals surface area (Å²) in [5, 5.41) is 8.84.